The summed E-state index contributed by atoms with van der Waals surface area (Å²) in [4.78, 5) is 30.4. The second kappa shape index (κ2) is 9.15. The van der Waals surface area contributed by atoms with Gasteiger partial charge < -0.3 is 15.1 Å². The van der Waals surface area contributed by atoms with Gasteiger partial charge in [-0.1, -0.05) is 0 Å². The lowest BCUT2D eigenvalue weighted by molar-refractivity contribution is -0.126. The summed E-state index contributed by atoms with van der Waals surface area (Å²) in [6.07, 6.45) is 6.70. The number of likely N-dealkylation sites (tertiary alicyclic amines) is 1. The van der Waals surface area contributed by atoms with Crippen molar-refractivity contribution in [3.8, 4) is 0 Å². The van der Waals surface area contributed by atoms with E-state index in [1.807, 2.05) is 12.1 Å². The van der Waals surface area contributed by atoms with Crippen molar-refractivity contribution in [2.45, 2.75) is 19.4 Å². The number of amides is 2. The number of rotatable bonds is 7. The molecule has 26 heavy (non-hydrogen) atoms. The fraction of sp³-hybridized carbons (Fsp3) is 0.421. The summed E-state index contributed by atoms with van der Waals surface area (Å²) in [6.45, 7) is 3.25. The molecule has 1 aliphatic rings. The van der Waals surface area contributed by atoms with Gasteiger partial charge >= 0.3 is 0 Å². The van der Waals surface area contributed by atoms with E-state index < -0.39 is 0 Å². The van der Waals surface area contributed by atoms with Crippen LogP contribution in [0.3, 0.4) is 0 Å². The van der Waals surface area contributed by atoms with Crippen molar-refractivity contribution in [3.63, 3.8) is 0 Å². The SMILES string of the molecule is O=C(NCCNC(=O)[C@@H]1CCCN(Cc2ccco2)C1)c1cccnc1. The predicted octanol–water partition coefficient (Wildman–Crippen LogP) is 1.43. The Balaban J connectivity index is 1.37. The van der Waals surface area contributed by atoms with Gasteiger partial charge in [0.05, 0.1) is 24.3 Å². The number of piperidine rings is 1. The van der Waals surface area contributed by atoms with E-state index in [1.165, 1.54) is 6.20 Å². The first-order chi connectivity index (χ1) is 12.7. The molecule has 7 nitrogen and oxygen atoms in total. The molecular formula is C19H24N4O3. The zero-order valence-corrected chi connectivity index (χ0v) is 14.7. The Labute approximate surface area is 152 Å². The van der Waals surface area contributed by atoms with Gasteiger partial charge in [0.25, 0.3) is 5.91 Å². The number of hydrogen-bond acceptors (Lipinski definition) is 5. The molecule has 1 aliphatic heterocycles. The van der Waals surface area contributed by atoms with E-state index in [2.05, 4.69) is 20.5 Å². The first-order valence-corrected chi connectivity index (χ1v) is 8.93. The number of nitrogens with one attached hydrogen (secondary N) is 2. The average Bonchev–Trinajstić information content (AvgIpc) is 3.19. The van der Waals surface area contributed by atoms with Crippen molar-refractivity contribution in [3.05, 3.63) is 54.2 Å². The standard InChI is InChI=1S/C19H24N4O3/c24-18(15-4-1-7-20-12-15)21-8-9-22-19(25)16-5-2-10-23(13-16)14-17-6-3-11-26-17/h1,3-4,6-7,11-12,16H,2,5,8-10,13-14H2,(H,21,24)(H,22,25)/t16-/m1/s1. The molecule has 2 aromatic rings. The molecule has 2 N–H and O–H groups in total. The predicted molar refractivity (Wildman–Crippen MR) is 96.3 cm³/mol. The second-order valence-corrected chi connectivity index (χ2v) is 6.44. The maximum absolute atomic E-state index is 12.4. The van der Waals surface area contributed by atoms with Crippen molar-refractivity contribution in [2.24, 2.45) is 5.92 Å². The van der Waals surface area contributed by atoms with Crippen LogP contribution >= 0.6 is 0 Å². The molecule has 0 spiro atoms. The summed E-state index contributed by atoms with van der Waals surface area (Å²) < 4.78 is 5.38. The van der Waals surface area contributed by atoms with Gasteiger partial charge in [0, 0.05) is 32.0 Å². The van der Waals surface area contributed by atoms with Crippen LogP contribution in [0.15, 0.2) is 47.3 Å². The van der Waals surface area contributed by atoms with E-state index in [-0.39, 0.29) is 17.7 Å². The fourth-order valence-corrected chi connectivity index (χ4v) is 3.14. The van der Waals surface area contributed by atoms with Gasteiger partial charge in [0.2, 0.25) is 5.91 Å². The zero-order chi connectivity index (χ0) is 18.2. The van der Waals surface area contributed by atoms with Crippen LogP contribution in [0.4, 0.5) is 0 Å². The van der Waals surface area contributed by atoms with Crippen LogP contribution in [0, 0.1) is 5.92 Å². The topological polar surface area (TPSA) is 87.5 Å². The highest BCUT2D eigenvalue weighted by Gasteiger charge is 2.25. The van der Waals surface area contributed by atoms with E-state index in [0.29, 0.717) is 18.7 Å². The Hall–Kier alpha value is -2.67. The van der Waals surface area contributed by atoms with Crippen molar-refractivity contribution >= 4 is 11.8 Å². The molecule has 2 amide bonds. The lowest BCUT2D eigenvalue weighted by Gasteiger charge is -2.31. The smallest absolute Gasteiger partial charge is 0.252 e. The average molecular weight is 356 g/mol. The number of nitrogens with zero attached hydrogens (tertiary/aromatic N) is 2. The Morgan fingerprint density at radius 2 is 2.12 bits per heavy atom. The Morgan fingerprint density at radius 3 is 2.88 bits per heavy atom. The third-order valence-corrected chi connectivity index (χ3v) is 4.47. The van der Waals surface area contributed by atoms with Crippen LogP contribution < -0.4 is 10.6 Å². The quantitative estimate of drug-likeness (QED) is 0.733. The summed E-state index contributed by atoms with van der Waals surface area (Å²) in [6, 6.07) is 7.25. The van der Waals surface area contributed by atoms with Crippen LogP contribution in [0.2, 0.25) is 0 Å². The van der Waals surface area contributed by atoms with Crippen LogP contribution in [0.5, 0.6) is 0 Å². The maximum atomic E-state index is 12.4. The zero-order valence-electron chi connectivity index (χ0n) is 14.7. The molecular weight excluding hydrogens is 332 g/mol. The van der Waals surface area contributed by atoms with E-state index >= 15 is 0 Å². The molecule has 0 aromatic carbocycles. The highest BCUT2D eigenvalue weighted by molar-refractivity contribution is 5.93. The minimum Gasteiger partial charge on any atom is -0.468 e. The number of carbonyl (C=O) groups excluding carboxylic acids is 2. The molecule has 0 unspecified atom stereocenters. The normalized spacial score (nSPS) is 17.6. The van der Waals surface area contributed by atoms with Crippen molar-refractivity contribution in [2.75, 3.05) is 26.2 Å². The molecule has 0 bridgehead atoms. The molecule has 2 aromatic heterocycles. The molecule has 3 rings (SSSR count). The monoisotopic (exact) mass is 356 g/mol. The summed E-state index contributed by atoms with van der Waals surface area (Å²) in [5.41, 5.74) is 0.514. The van der Waals surface area contributed by atoms with Crippen molar-refractivity contribution in [1.82, 2.24) is 20.5 Å². The number of furan rings is 1. The molecule has 0 radical (unpaired) electrons. The molecule has 138 valence electrons. The Kier molecular flexibility index (Phi) is 6.38. The van der Waals surface area contributed by atoms with Crippen molar-refractivity contribution < 1.29 is 14.0 Å². The minimum atomic E-state index is -0.186. The minimum absolute atomic E-state index is 0.0206. The number of hydrogen-bond donors (Lipinski definition) is 2. The fourth-order valence-electron chi connectivity index (χ4n) is 3.14. The van der Waals surface area contributed by atoms with Crippen molar-refractivity contribution in [1.29, 1.82) is 0 Å². The molecule has 1 fully saturated rings. The van der Waals surface area contributed by atoms with E-state index in [4.69, 9.17) is 4.42 Å². The van der Waals surface area contributed by atoms with E-state index in [9.17, 15) is 9.59 Å². The summed E-state index contributed by atoms with van der Waals surface area (Å²) in [5, 5.41) is 5.70. The van der Waals surface area contributed by atoms with Gasteiger partial charge in [-0.15, -0.1) is 0 Å². The molecule has 3 heterocycles. The van der Waals surface area contributed by atoms with Crippen LogP contribution in [0.25, 0.3) is 0 Å². The van der Waals surface area contributed by atoms with Gasteiger partial charge in [-0.3, -0.25) is 19.5 Å². The third kappa shape index (κ3) is 5.16. The summed E-state index contributed by atoms with van der Waals surface area (Å²) in [7, 11) is 0. The number of carbonyl (C=O) groups is 2. The highest BCUT2D eigenvalue weighted by Crippen LogP contribution is 2.18. The molecule has 1 saturated heterocycles. The van der Waals surface area contributed by atoms with Crippen LogP contribution in [0.1, 0.15) is 29.0 Å². The molecule has 7 heteroatoms. The van der Waals surface area contributed by atoms with E-state index in [0.717, 1.165) is 38.2 Å². The number of aromatic nitrogens is 1. The maximum Gasteiger partial charge on any atom is 0.252 e. The summed E-state index contributed by atoms with van der Waals surface area (Å²) >= 11 is 0. The molecule has 1 atom stereocenters. The van der Waals surface area contributed by atoms with Gasteiger partial charge in [0.1, 0.15) is 5.76 Å². The Bertz CT molecular complexity index is 703. The van der Waals surface area contributed by atoms with Crippen LogP contribution in [-0.4, -0.2) is 47.9 Å². The largest absolute Gasteiger partial charge is 0.468 e. The number of pyridine rings is 1. The van der Waals surface area contributed by atoms with Gasteiger partial charge in [0.15, 0.2) is 0 Å². The van der Waals surface area contributed by atoms with Gasteiger partial charge in [-0.05, 0) is 43.7 Å². The first kappa shape index (κ1) is 18.1. The van der Waals surface area contributed by atoms with Crippen LogP contribution in [-0.2, 0) is 11.3 Å². The van der Waals surface area contributed by atoms with Gasteiger partial charge in [-0.25, -0.2) is 0 Å². The third-order valence-electron chi connectivity index (χ3n) is 4.47. The lowest BCUT2D eigenvalue weighted by Crippen LogP contribution is -2.44. The lowest BCUT2D eigenvalue weighted by atomic mass is 9.97. The first-order valence-electron chi connectivity index (χ1n) is 8.93. The van der Waals surface area contributed by atoms with Gasteiger partial charge in [-0.2, -0.15) is 0 Å². The summed E-state index contributed by atoms with van der Waals surface area (Å²) in [5.74, 6) is 0.760. The highest BCUT2D eigenvalue weighted by atomic mass is 16.3. The second-order valence-electron chi connectivity index (χ2n) is 6.44. The molecule has 0 saturated carbocycles. The molecule has 0 aliphatic carbocycles. The Morgan fingerprint density at radius 1 is 1.23 bits per heavy atom. The van der Waals surface area contributed by atoms with E-state index in [1.54, 1.807) is 24.6 Å².